The van der Waals surface area contributed by atoms with Crippen molar-refractivity contribution >= 4 is 10.1 Å². The number of hydrogen-bond donors (Lipinski definition) is 0. The Balaban J connectivity index is 2.53. The monoisotopic (exact) mass is 204 g/mol. The molecule has 0 bridgehead atoms. The van der Waals surface area contributed by atoms with Crippen molar-refractivity contribution in [3.05, 3.63) is 12.7 Å². The first-order valence-corrected chi connectivity index (χ1v) is 6.34. The minimum Gasteiger partial charge on any atom is -0.267 e. The van der Waals surface area contributed by atoms with Gasteiger partial charge in [0.05, 0.1) is 12.4 Å². The molecule has 1 saturated carbocycles. The van der Waals surface area contributed by atoms with Crippen LogP contribution in [0.4, 0.5) is 0 Å². The first kappa shape index (κ1) is 10.7. The van der Waals surface area contributed by atoms with Crippen molar-refractivity contribution in [1.82, 2.24) is 0 Å². The zero-order valence-corrected chi connectivity index (χ0v) is 8.72. The normalized spacial score (nSPS) is 29.0. The standard InChI is InChI=1S/C9H16O3S/c1-3-5-8-6-4-7-9(8)12-13(2,10)11/h3,8-9H,1,4-7H2,2H3/t8-,9-/m1/s1. The van der Waals surface area contributed by atoms with Crippen LogP contribution in [0.2, 0.25) is 0 Å². The molecule has 0 N–H and O–H groups in total. The van der Waals surface area contributed by atoms with Crippen molar-refractivity contribution < 1.29 is 12.6 Å². The summed E-state index contributed by atoms with van der Waals surface area (Å²) in [6, 6.07) is 0. The molecule has 1 aliphatic rings. The fourth-order valence-electron chi connectivity index (χ4n) is 1.84. The van der Waals surface area contributed by atoms with E-state index >= 15 is 0 Å². The second-order valence-corrected chi connectivity index (χ2v) is 5.15. The third-order valence-electron chi connectivity index (χ3n) is 2.36. The summed E-state index contributed by atoms with van der Waals surface area (Å²) in [5.74, 6) is 0.340. The van der Waals surface area contributed by atoms with Crippen molar-refractivity contribution in [1.29, 1.82) is 0 Å². The highest BCUT2D eigenvalue weighted by molar-refractivity contribution is 7.86. The molecule has 0 aromatic rings. The zero-order chi connectivity index (χ0) is 9.90. The fourth-order valence-corrected chi connectivity index (χ4v) is 2.54. The molecule has 0 amide bonds. The van der Waals surface area contributed by atoms with Gasteiger partial charge in [-0.15, -0.1) is 6.58 Å². The highest BCUT2D eigenvalue weighted by atomic mass is 32.2. The van der Waals surface area contributed by atoms with Crippen molar-refractivity contribution in [2.24, 2.45) is 5.92 Å². The lowest BCUT2D eigenvalue weighted by Crippen LogP contribution is -2.21. The molecular weight excluding hydrogens is 188 g/mol. The Hall–Kier alpha value is -0.350. The molecule has 0 radical (unpaired) electrons. The summed E-state index contributed by atoms with van der Waals surface area (Å²) in [5, 5.41) is 0. The molecule has 3 nitrogen and oxygen atoms in total. The molecule has 0 heterocycles. The Morgan fingerprint density at radius 2 is 2.23 bits per heavy atom. The van der Waals surface area contributed by atoms with Crippen molar-refractivity contribution in [3.63, 3.8) is 0 Å². The van der Waals surface area contributed by atoms with Gasteiger partial charge in [0, 0.05) is 0 Å². The van der Waals surface area contributed by atoms with Gasteiger partial charge in [-0.3, -0.25) is 4.18 Å². The Labute approximate surface area is 79.9 Å². The van der Waals surface area contributed by atoms with E-state index in [0.29, 0.717) is 5.92 Å². The average Bonchev–Trinajstić information content (AvgIpc) is 2.34. The van der Waals surface area contributed by atoms with Gasteiger partial charge < -0.3 is 0 Å². The third-order valence-corrected chi connectivity index (χ3v) is 2.95. The molecule has 0 aromatic carbocycles. The molecule has 0 aliphatic heterocycles. The van der Waals surface area contributed by atoms with Crippen LogP contribution in [0.1, 0.15) is 25.7 Å². The topological polar surface area (TPSA) is 43.4 Å². The molecular formula is C9H16O3S. The average molecular weight is 204 g/mol. The summed E-state index contributed by atoms with van der Waals surface area (Å²) < 4.78 is 26.8. The number of hydrogen-bond acceptors (Lipinski definition) is 3. The van der Waals surface area contributed by atoms with Gasteiger partial charge >= 0.3 is 0 Å². The highest BCUT2D eigenvalue weighted by Crippen LogP contribution is 2.31. The van der Waals surface area contributed by atoms with Crippen molar-refractivity contribution in [2.75, 3.05) is 6.26 Å². The molecule has 2 atom stereocenters. The van der Waals surface area contributed by atoms with E-state index in [2.05, 4.69) is 6.58 Å². The van der Waals surface area contributed by atoms with Crippen LogP contribution >= 0.6 is 0 Å². The van der Waals surface area contributed by atoms with Crippen LogP contribution in [0.15, 0.2) is 12.7 Å². The molecule has 0 aromatic heterocycles. The molecule has 4 heteroatoms. The largest absolute Gasteiger partial charge is 0.267 e. The predicted molar refractivity (Wildman–Crippen MR) is 51.9 cm³/mol. The van der Waals surface area contributed by atoms with E-state index in [0.717, 1.165) is 31.9 Å². The molecule has 76 valence electrons. The number of rotatable bonds is 4. The lowest BCUT2D eigenvalue weighted by atomic mass is 10.0. The van der Waals surface area contributed by atoms with Crippen LogP contribution in [0, 0.1) is 5.92 Å². The summed E-state index contributed by atoms with van der Waals surface area (Å²) in [5.41, 5.74) is 0. The Morgan fingerprint density at radius 3 is 2.77 bits per heavy atom. The summed E-state index contributed by atoms with van der Waals surface area (Å²) in [7, 11) is -3.29. The van der Waals surface area contributed by atoms with Crippen LogP contribution in [-0.4, -0.2) is 20.8 Å². The lowest BCUT2D eigenvalue weighted by molar-refractivity contribution is 0.169. The SMILES string of the molecule is C=CC[C@@H]1CCC[C@H]1OS(C)(=O)=O. The Bertz CT molecular complexity index is 269. The van der Waals surface area contributed by atoms with E-state index in [1.807, 2.05) is 6.08 Å². The summed E-state index contributed by atoms with van der Waals surface area (Å²) in [6.45, 7) is 3.65. The van der Waals surface area contributed by atoms with Crippen LogP contribution in [0.3, 0.4) is 0 Å². The summed E-state index contributed by atoms with van der Waals surface area (Å²) in [4.78, 5) is 0. The quantitative estimate of drug-likeness (QED) is 0.517. The zero-order valence-electron chi connectivity index (χ0n) is 7.90. The summed E-state index contributed by atoms with van der Waals surface area (Å²) in [6.07, 6.45) is 6.62. The second kappa shape index (κ2) is 4.24. The van der Waals surface area contributed by atoms with Gasteiger partial charge in [0.25, 0.3) is 10.1 Å². The Morgan fingerprint density at radius 1 is 1.54 bits per heavy atom. The van der Waals surface area contributed by atoms with Crippen LogP contribution in [0.25, 0.3) is 0 Å². The van der Waals surface area contributed by atoms with Gasteiger partial charge in [0.1, 0.15) is 0 Å². The molecule has 1 fully saturated rings. The second-order valence-electron chi connectivity index (χ2n) is 3.55. The fraction of sp³-hybridized carbons (Fsp3) is 0.778. The smallest absolute Gasteiger partial charge is 0.264 e. The first-order valence-electron chi connectivity index (χ1n) is 4.52. The molecule has 0 spiro atoms. The van der Waals surface area contributed by atoms with Crippen LogP contribution < -0.4 is 0 Å². The molecule has 0 unspecified atom stereocenters. The maximum absolute atomic E-state index is 10.9. The molecule has 13 heavy (non-hydrogen) atoms. The maximum Gasteiger partial charge on any atom is 0.264 e. The van der Waals surface area contributed by atoms with Gasteiger partial charge in [-0.1, -0.05) is 12.5 Å². The first-order chi connectivity index (χ1) is 6.03. The number of allylic oxidation sites excluding steroid dienone is 1. The van der Waals surface area contributed by atoms with E-state index in [9.17, 15) is 8.42 Å². The Kier molecular flexibility index (Phi) is 3.50. The van der Waals surface area contributed by atoms with Gasteiger partial charge in [0.15, 0.2) is 0 Å². The van der Waals surface area contributed by atoms with Gasteiger partial charge in [-0.25, -0.2) is 0 Å². The predicted octanol–water partition coefficient (Wildman–Crippen LogP) is 1.71. The maximum atomic E-state index is 10.9. The molecule has 0 saturated heterocycles. The van der Waals surface area contributed by atoms with E-state index in [4.69, 9.17) is 4.18 Å². The third kappa shape index (κ3) is 3.48. The van der Waals surface area contributed by atoms with E-state index < -0.39 is 10.1 Å². The van der Waals surface area contributed by atoms with Crippen LogP contribution in [0.5, 0.6) is 0 Å². The van der Waals surface area contributed by atoms with Gasteiger partial charge in [-0.05, 0) is 25.2 Å². The van der Waals surface area contributed by atoms with Crippen LogP contribution in [-0.2, 0) is 14.3 Å². The molecule has 1 aliphatic carbocycles. The van der Waals surface area contributed by atoms with Crippen molar-refractivity contribution in [2.45, 2.75) is 31.8 Å². The summed E-state index contributed by atoms with van der Waals surface area (Å²) >= 11 is 0. The minimum absolute atomic E-state index is 0.118. The van der Waals surface area contributed by atoms with Gasteiger partial charge in [-0.2, -0.15) is 8.42 Å². The van der Waals surface area contributed by atoms with E-state index in [1.165, 1.54) is 0 Å². The van der Waals surface area contributed by atoms with E-state index in [1.54, 1.807) is 0 Å². The highest BCUT2D eigenvalue weighted by Gasteiger charge is 2.29. The minimum atomic E-state index is -3.29. The van der Waals surface area contributed by atoms with E-state index in [-0.39, 0.29) is 6.10 Å². The molecule has 1 rings (SSSR count). The lowest BCUT2D eigenvalue weighted by Gasteiger charge is -2.16. The van der Waals surface area contributed by atoms with Crippen molar-refractivity contribution in [3.8, 4) is 0 Å². The van der Waals surface area contributed by atoms with Gasteiger partial charge in [0.2, 0.25) is 0 Å².